The van der Waals surface area contributed by atoms with Crippen molar-refractivity contribution in [3.8, 4) is 5.75 Å². The van der Waals surface area contributed by atoms with Gasteiger partial charge in [-0.05, 0) is 74.2 Å². The van der Waals surface area contributed by atoms with Gasteiger partial charge in [0.2, 0.25) is 5.91 Å². The number of phenolic OH excluding ortho intramolecular Hbond substituents is 1. The number of aromatic hydroxyl groups is 1. The van der Waals surface area contributed by atoms with Crippen LogP contribution in [0.2, 0.25) is 10.0 Å². The minimum Gasteiger partial charge on any atom is -0.508 e. The van der Waals surface area contributed by atoms with Gasteiger partial charge in [0.1, 0.15) is 5.75 Å². The smallest absolute Gasteiger partial charge is 0.251 e. The summed E-state index contributed by atoms with van der Waals surface area (Å²) >= 11 is 11.8. The van der Waals surface area contributed by atoms with Crippen LogP contribution in [0.4, 0.5) is 0 Å². The third kappa shape index (κ3) is 5.37. The summed E-state index contributed by atoms with van der Waals surface area (Å²) in [5.41, 5.74) is 1.58. The molecule has 32 heavy (non-hydrogen) atoms. The first-order valence-electron chi connectivity index (χ1n) is 10.9. The van der Waals surface area contributed by atoms with E-state index in [1.165, 1.54) is 11.6 Å². The maximum Gasteiger partial charge on any atom is 0.251 e. The van der Waals surface area contributed by atoms with Crippen LogP contribution in [0.1, 0.15) is 41.1 Å². The second-order valence-corrected chi connectivity index (χ2v) is 9.31. The molecule has 2 aromatic rings. The lowest BCUT2D eigenvalue weighted by atomic mass is 9.88. The average Bonchev–Trinajstić information content (AvgIpc) is 3.29. The summed E-state index contributed by atoms with van der Waals surface area (Å²) in [4.78, 5) is 29.2. The van der Waals surface area contributed by atoms with Crippen molar-refractivity contribution in [3.63, 3.8) is 0 Å². The van der Waals surface area contributed by atoms with Gasteiger partial charge in [-0.2, -0.15) is 0 Å². The van der Waals surface area contributed by atoms with Gasteiger partial charge in [0, 0.05) is 24.7 Å². The molecule has 0 spiro atoms. The quantitative estimate of drug-likeness (QED) is 0.687. The predicted molar refractivity (Wildman–Crippen MR) is 125 cm³/mol. The Labute approximate surface area is 198 Å². The number of hydrogen-bond acceptors (Lipinski definition) is 4. The van der Waals surface area contributed by atoms with Crippen LogP contribution in [0.5, 0.6) is 5.75 Å². The molecule has 1 atom stereocenters. The SMILES string of the molecule is O=C(NCC(=O)N1CCC(N2CCC(c3cccc(O)c3)CC2)C1)c1ccc(Cl)c(Cl)c1. The number of likely N-dealkylation sites (tertiary alicyclic amines) is 2. The summed E-state index contributed by atoms with van der Waals surface area (Å²) in [6, 6.07) is 12.6. The van der Waals surface area contributed by atoms with E-state index in [9.17, 15) is 14.7 Å². The normalized spacial score (nSPS) is 19.8. The van der Waals surface area contributed by atoms with Crippen LogP contribution < -0.4 is 5.32 Å². The van der Waals surface area contributed by atoms with Crippen molar-refractivity contribution < 1.29 is 14.7 Å². The number of amides is 2. The van der Waals surface area contributed by atoms with Crippen molar-refractivity contribution in [1.29, 1.82) is 0 Å². The topological polar surface area (TPSA) is 72.9 Å². The molecule has 170 valence electrons. The Balaban J connectivity index is 1.23. The van der Waals surface area contributed by atoms with Crippen molar-refractivity contribution in [2.45, 2.75) is 31.2 Å². The van der Waals surface area contributed by atoms with E-state index >= 15 is 0 Å². The molecule has 0 saturated carbocycles. The lowest BCUT2D eigenvalue weighted by Gasteiger charge is -2.36. The molecular formula is C24H27Cl2N3O3. The Hall–Kier alpha value is -2.28. The minimum absolute atomic E-state index is 0.0363. The van der Waals surface area contributed by atoms with E-state index in [0.717, 1.165) is 32.4 Å². The van der Waals surface area contributed by atoms with Crippen molar-refractivity contribution >= 4 is 35.0 Å². The van der Waals surface area contributed by atoms with Crippen molar-refractivity contribution in [3.05, 3.63) is 63.6 Å². The molecule has 6 nitrogen and oxygen atoms in total. The zero-order valence-corrected chi connectivity index (χ0v) is 19.3. The Morgan fingerprint density at radius 1 is 1.00 bits per heavy atom. The van der Waals surface area contributed by atoms with Crippen molar-refractivity contribution in [2.24, 2.45) is 0 Å². The largest absolute Gasteiger partial charge is 0.508 e. The Morgan fingerprint density at radius 3 is 2.50 bits per heavy atom. The summed E-state index contributed by atoms with van der Waals surface area (Å²) in [6.45, 7) is 3.34. The number of nitrogens with zero attached hydrogens (tertiary/aromatic N) is 2. The molecule has 0 bridgehead atoms. The Bertz CT molecular complexity index is 992. The molecule has 2 aromatic carbocycles. The van der Waals surface area contributed by atoms with E-state index in [1.54, 1.807) is 18.2 Å². The van der Waals surface area contributed by atoms with Crippen LogP contribution in [-0.4, -0.2) is 65.5 Å². The minimum atomic E-state index is -0.346. The van der Waals surface area contributed by atoms with Crippen LogP contribution in [0, 0.1) is 0 Å². The van der Waals surface area contributed by atoms with Gasteiger partial charge in [0.25, 0.3) is 5.91 Å². The zero-order chi connectivity index (χ0) is 22.7. The van der Waals surface area contributed by atoms with E-state index in [-0.39, 0.29) is 18.4 Å². The Morgan fingerprint density at radius 2 is 1.78 bits per heavy atom. The molecule has 0 aliphatic carbocycles. The molecule has 2 N–H and O–H groups in total. The molecule has 8 heteroatoms. The van der Waals surface area contributed by atoms with Gasteiger partial charge in [-0.25, -0.2) is 0 Å². The number of carbonyl (C=O) groups excluding carboxylic acids is 2. The molecule has 2 amide bonds. The second kappa shape index (κ2) is 10.1. The van der Waals surface area contributed by atoms with Gasteiger partial charge in [-0.15, -0.1) is 0 Å². The van der Waals surface area contributed by atoms with E-state index in [1.807, 2.05) is 17.0 Å². The number of benzene rings is 2. The van der Waals surface area contributed by atoms with E-state index in [4.69, 9.17) is 23.2 Å². The summed E-state index contributed by atoms with van der Waals surface area (Å²) < 4.78 is 0. The molecule has 4 rings (SSSR count). The van der Waals surface area contributed by atoms with Crippen LogP contribution in [0.3, 0.4) is 0 Å². The first kappa shape index (κ1) is 22.9. The molecular weight excluding hydrogens is 449 g/mol. The average molecular weight is 476 g/mol. The lowest BCUT2D eigenvalue weighted by Crippen LogP contribution is -2.44. The highest BCUT2D eigenvalue weighted by Gasteiger charge is 2.32. The number of halogens is 2. The highest BCUT2D eigenvalue weighted by molar-refractivity contribution is 6.42. The maximum absolute atomic E-state index is 12.6. The van der Waals surface area contributed by atoms with Crippen LogP contribution in [0.15, 0.2) is 42.5 Å². The summed E-state index contributed by atoms with van der Waals surface area (Å²) in [5, 5.41) is 13.1. The van der Waals surface area contributed by atoms with Crippen molar-refractivity contribution in [2.75, 3.05) is 32.7 Å². The van der Waals surface area contributed by atoms with E-state index in [2.05, 4.69) is 16.3 Å². The van der Waals surface area contributed by atoms with E-state index in [0.29, 0.717) is 46.4 Å². The van der Waals surface area contributed by atoms with Crippen molar-refractivity contribution in [1.82, 2.24) is 15.1 Å². The number of carbonyl (C=O) groups is 2. The summed E-state index contributed by atoms with van der Waals surface area (Å²) in [7, 11) is 0. The fourth-order valence-electron chi connectivity index (χ4n) is 4.65. The molecule has 0 aromatic heterocycles. The first-order valence-corrected chi connectivity index (χ1v) is 11.7. The van der Waals surface area contributed by atoms with Gasteiger partial charge < -0.3 is 15.3 Å². The monoisotopic (exact) mass is 475 g/mol. The number of hydrogen-bond donors (Lipinski definition) is 2. The Kier molecular flexibility index (Phi) is 7.23. The molecule has 2 saturated heterocycles. The van der Waals surface area contributed by atoms with Crippen LogP contribution >= 0.6 is 23.2 Å². The molecule has 2 aliphatic rings. The summed E-state index contributed by atoms with van der Waals surface area (Å²) in [5.74, 6) is 0.368. The fourth-order valence-corrected chi connectivity index (χ4v) is 4.95. The molecule has 0 radical (unpaired) electrons. The predicted octanol–water partition coefficient (Wildman–Crippen LogP) is 3.91. The zero-order valence-electron chi connectivity index (χ0n) is 17.8. The third-order valence-electron chi connectivity index (χ3n) is 6.49. The van der Waals surface area contributed by atoms with Gasteiger partial charge in [-0.3, -0.25) is 14.5 Å². The standard InChI is InChI=1S/C24H27Cl2N3O3/c25-21-5-4-18(13-22(21)26)24(32)27-14-23(31)29-11-8-19(15-29)28-9-6-16(7-10-28)17-2-1-3-20(30)12-17/h1-5,12-13,16,19,30H,6-11,14-15H2,(H,27,32). The second-order valence-electron chi connectivity index (χ2n) is 8.50. The number of nitrogens with one attached hydrogen (secondary N) is 1. The van der Waals surface area contributed by atoms with Gasteiger partial charge in [-0.1, -0.05) is 35.3 Å². The fraction of sp³-hybridized carbons (Fsp3) is 0.417. The van der Waals surface area contributed by atoms with E-state index < -0.39 is 0 Å². The van der Waals surface area contributed by atoms with Gasteiger partial charge in [0.05, 0.1) is 16.6 Å². The molecule has 1 unspecified atom stereocenters. The number of rotatable bonds is 5. The summed E-state index contributed by atoms with van der Waals surface area (Å²) in [6.07, 6.45) is 3.05. The van der Waals surface area contributed by atoms with Gasteiger partial charge >= 0.3 is 0 Å². The number of phenols is 1. The van der Waals surface area contributed by atoms with Crippen LogP contribution in [0.25, 0.3) is 0 Å². The van der Waals surface area contributed by atoms with Crippen LogP contribution in [-0.2, 0) is 4.79 Å². The highest BCUT2D eigenvalue weighted by Crippen LogP contribution is 2.31. The van der Waals surface area contributed by atoms with Gasteiger partial charge in [0.15, 0.2) is 0 Å². The highest BCUT2D eigenvalue weighted by atomic mass is 35.5. The third-order valence-corrected chi connectivity index (χ3v) is 7.22. The molecule has 2 heterocycles. The molecule has 2 fully saturated rings. The number of piperidine rings is 1. The first-order chi connectivity index (χ1) is 15.4. The lowest BCUT2D eigenvalue weighted by molar-refractivity contribution is -0.129. The maximum atomic E-state index is 12.6. The molecule has 2 aliphatic heterocycles.